The van der Waals surface area contributed by atoms with Crippen LogP contribution in [0, 0.1) is 0 Å². The number of carbonyl (C=O) groups excluding carboxylic acids is 1. The van der Waals surface area contributed by atoms with E-state index in [0.29, 0.717) is 12.4 Å². The van der Waals surface area contributed by atoms with Crippen LogP contribution in [0.15, 0.2) is 66.7 Å². The van der Waals surface area contributed by atoms with Crippen LogP contribution in [0.25, 0.3) is 5.69 Å². The maximum Gasteiger partial charge on any atom is 0.239 e. The van der Waals surface area contributed by atoms with E-state index in [0.717, 1.165) is 37.6 Å². The molecule has 0 atom stereocenters. The van der Waals surface area contributed by atoms with Crippen LogP contribution >= 0.6 is 0 Å². The SMILES string of the molecule is CC(C)(C)c1cc(NC(=O)CN2CCN(c3ccccc3)CC2)n(-c2ccccc2)n1. The lowest BCUT2D eigenvalue weighted by Gasteiger charge is -2.35. The first-order valence-electron chi connectivity index (χ1n) is 10.9. The van der Waals surface area contributed by atoms with E-state index in [-0.39, 0.29) is 11.3 Å². The number of benzene rings is 2. The van der Waals surface area contributed by atoms with Crippen molar-refractivity contribution in [3.8, 4) is 5.69 Å². The van der Waals surface area contributed by atoms with E-state index in [4.69, 9.17) is 5.10 Å². The molecular weight excluding hydrogens is 386 g/mol. The molecule has 2 heterocycles. The highest BCUT2D eigenvalue weighted by molar-refractivity contribution is 5.91. The quantitative estimate of drug-likeness (QED) is 0.683. The number of piperazine rings is 1. The van der Waals surface area contributed by atoms with E-state index in [1.54, 1.807) is 0 Å². The Morgan fingerprint density at radius 3 is 2.06 bits per heavy atom. The van der Waals surface area contributed by atoms with Gasteiger partial charge in [-0.2, -0.15) is 5.10 Å². The Kier molecular flexibility index (Phi) is 6.09. The Morgan fingerprint density at radius 1 is 0.903 bits per heavy atom. The minimum absolute atomic E-state index is 0.00861. The molecule has 1 aromatic heterocycles. The molecule has 0 unspecified atom stereocenters. The summed E-state index contributed by atoms with van der Waals surface area (Å²) in [7, 11) is 0. The summed E-state index contributed by atoms with van der Waals surface area (Å²) in [5, 5.41) is 7.87. The van der Waals surface area contributed by atoms with Crippen molar-refractivity contribution in [3.63, 3.8) is 0 Å². The zero-order valence-electron chi connectivity index (χ0n) is 18.6. The van der Waals surface area contributed by atoms with E-state index in [1.165, 1.54) is 5.69 Å². The zero-order valence-corrected chi connectivity index (χ0v) is 18.6. The first-order valence-corrected chi connectivity index (χ1v) is 10.9. The van der Waals surface area contributed by atoms with Gasteiger partial charge < -0.3 is 10.2 Å². The number of hydrogen-bond acceptors (Lipinski definition) is 4. The molecule has 0 bridgehead atoms. The molecule has 0 aliphatic carbocycles. The Bertz CT molecular complexity index is 999. The molecule has 0 radical (unpaired) electrons. The Morgan fingerprint density at radius 2 is 1.48 bits per heavy atom. The highest BCUT2D eigenvalue weighted by Gasteiger charge is 2.23. The lowest BCUT2D eigenvalue weighted by molar-refractivity contribution is -0.117. The summed E-state index contributed by atoms with van der Waals surface area (Å²) in [6, 6.07) is 22.4. The second kappa shape index (κ2) is 8.94. The molecule has 4 rings (SSSR count). The minimum atomic E-state index is -0.104. The lowest BCUT2D eigenvalue weighted by atomic mass is 9.92. The monoisotopic (exact) mass is 417 g/mol. The van der Waals surface area contributed by atoms with E-state index >= 15 is 0 Å². The molecular formula is C25H31N5O. The van der Waals surface area contributed by atoms with Crippen LogP contribution in [-0.2, 0) is 10.2 Å². The van der Waals surface area contributed by atoms with Crippen molar-refractivity contribution in [2.24, 2.45) is 0 Å². The third kappa shape index (κ3) is 5.14. The lowest BCUT2D eigenvalue weighted by Crippen LogP contribution is -2.48. The van der Waals surface area contributed by atoms with Gasteiger partial charge in [-0.15, -0.1) is 0 Å². The van der Waals surface area contributed by atoms with Crippen LogP contribution in [-0.4, -0.2) is 53.3 Å². The number of nitrogens with zero attached hydrogens (tertiary/aromatic N) is 4. The molecule has 1 aliphatic rings. The molecule has 2 aromatic carbocycles. The second-order valence-electron chi connectivity index (χ2n) is 9.06. The van der Waals surface area contributed by atoms with E-state index < -0.39 is 0 Å². The predicted molar refractivity (Wildman–Crippen MR) is 126 cm³/mol. The zero-order chi connectivity index (χ0) is 21.8. The number of para-hydroxylation sites is 2. The molecule has 6 heteroatoms. The van der Waals surface area contributed by atoms with Gasteiger partial charge in [-0.3, -0.25) is 9.69 Å². The molecule has 1 N–H and O–H groups in total. The highest BCUT2D eigenvalue weighted by Crippen LogP contribution is 2.26. The summed E-state index contributed by atoms with van der Waals surface area (Å²) in [5.41, 5.74) is 3.02. The summed E-state index contributed by atoms with van der Waals surface area (Å²) in [5.74, 6) is 0.703. The van der Waals surface area contributed by atoms with Gasteiger partial charge in [-0.1, -0.05) is 57.2 Å². The van der Waals surface area contributed by atoms with Crippen LogP contribution in [0.4, 0.5) is 11.5 Å². The van der Waals surface area contributed by atoms with E-state index in [1.807, 2.05) is 47.1 Å². The average molecular weight is 418 g/mol. The number of aromatic nitrogens is 2. The van der Waals surface area contributed by atoms with Gasteiger partial charge in [-0.05, 0) is 24.3 Å². The van der Waals surface area contributed by atoms with Gasteiger partial charge >= 0.3 is 0 Å². The number of rotatable bonds is 5. The fraction of sp³-hybridized carbons (Fsp3) is 0.360. The largest absolute Gasteiger partial charge is 0.369 e. The molecule has 6 nitrogen and oxygen atoms in total. The van der Waals surface area contributed by atoms with Gasteiger partial charge in [0.25, 0.3) is 0 Å². The van der Waals surface area contributed by atoms with Gasteiger partial charge in [0.1, 0.15) is 5.82 Å². The molecule has 1 aliphatic heterocycles. The maximum atomic E-state index is 12.9. The third-order valence-corrected chi connectivity index (χ3v) is 5.61. The number of nitrogens with one attached hydrogen (secondary N) is 1. The van der Waals surface area contributed by atoms with Crippen LogP contribution in [0.2, 0.25) is 0 Å². The van der Waals surface area contributed by atoms with Crippen molar-refractivity contribution in [1.29, 1.82) is 0 Å². The molecule has 0 spiro atoms. The summed E-state index contributed by atoms with van der Waals surface area (Å²) < 4.78 is 1.83. The van der Waals surface area contributed by atoms with Crippen molar-refractivity contribution < 1.29 is 4.79 Å². The van der Waals surface area contributed by atoms with Gasteiger partial charge in [0.2, 0.25) is 5.91 Å². The van der Waals surface area contributed by atoms with Crippen LogP contribution < -0.4 is 10.2 Å². The van der Waals surface area contributed by atoms with Crippen LogP contribution in [0.5, 0.6) is 0 Å². The smallest absolute Gasteiger partial charge is 0.239 e. The summed E-state index contributed by atoms with van der Waals surface area (Å²) in [4.78, 5) is 17.4. The molecule has 31 heavy (non-hydrogen) atoms. The van der Waals surface area contributed by atoms with Crippen LogP contribution in [0.1, 0.15) is 26.5 Å². The first kappa shape index (κ1) is 21.1. The summed E-state index contributed by atoms with van der Waals surface area (Å²) in [6.07, 6.45) is 0. The number of anilines is 2. The van der Waals surface area contributed by atoms with Crippen molar-refractivity contribution in [3.05, 3.63) is 72.4 Å². The molecule has 0 saturated carbocycles. The van der Waals surface area contributed by atoms with Crippen molar-refractivity contribution in [2.45, 2.75) is 26.2 Å². The van der Waals surface area contributed by atoms with E-state index in [9.17, 15) is 4.79 Å². The molecule has 1 fully saturated rings. The summed E-state index contributed by atoms with van der Waals surface area (Å²) >= 11 is 0. The number of amides is 1. The summed E-state index contributed by atoms with van der Waals surface area (Å²) in [6.45, 7) is 10.3. The second-order valence-corrected chi connectivity index (χ2v) is 9.06. The van der Waals surface area contributed by atoms with Gasteiger partial charge in [0.15, 0.2) is 0 Å². The molecule has 3 aromatic rings. The normalized spacial score (nSPS) is 15.1. The topological polar surface area (TPSA) is 53.4 Å². The Hall–Kier alpha value is -3.12. The third-order valence-electron chi connectivity index (χ3n) is 5.61. The number of hydrogen-bond donors (Lipinski definition) is 1. The highest BCUT2D eigenvalue weighted by atomic mass is 16.2. The van der Waals surface area contributed by atoms with E-state index in [2.05, 4.69) is 60.2 Å². The van der Waals surface area contributed by atoms with Gasteiger partial charge in [0, 0.05) is 43.3 Å². The molecule has 1 amide bonds. The number of carbonyl (C=O) groups is 1. The predicted octanol–water partition coefficient (Wildman–Crippen LogP) is 3.93. The fourth-order valence-electron chi connectivity index (χ4n) is 3.79. The van der Waals surface area contributed by atoms with Crippen molar-refractivity contribution in [2.75, 3.05) is 42.9 Å². The average Bonchev–Trinajstić information content (AvgIpc) is 3.20. The molecule has 162 valence electrons. The Labute approximate surface area is 184 Å². The van der Waals surface area contributed by atoms with Gasteiger partial charge in [0.05, 0.1) is 17.9 Å². The first-order chi connectivity index (χ1) is 14.9. The standard InChI is InChI=1S/C25H31N5O/c1-25(2,3)22-18-23(30(27-22)21-12-8-5-9-13-21)26-24(31)19-28-14-16-29(17-15-28)20-10-6-4-7-11-20/h4-13,18H,14-17,19H2,1-3H3,(H,26,31). The maximum absolute atomic E-state index is 12.9. The van der Waals surface area contributed by atoms with Crippen molar-refractivity contribution >= 4 is 17.4 Å². The van der Waals surface area contributed by atoms with Crippen molar-refractivity contribution in [1.82, 2.24) is 14.7 Å². The fourth-order valence-corrected chi connectivity index (χ4v) is 3.79. The minimum Gasteiger partial charge on any atom is -0.369 e. The van der Waals surface area contributed by atoms with Gasteiger partial charge in [-0.25, -0.2) is 4.68 Å². The molecule has 1 saturated heterocycles. The van der Waals surface area contributed by atoms with Crippen LogP contribution in [0.3, 0.4) is 0 Å². The Balaban J connectivity index is 1.41.